The molecule has 0 amide bonds. The summed E-state index contributed by atoms with van der Waals surface area (Å²) in [5.41, 5.74) is -0.158. The van der Waals surface area contributed by atoms with E-state index in [-0.39, 0.29) is 53.1 Å². The lowest BCUT2D eigenvalue weighted by atomic mass is 9.43. The molecule has 0 aromatic rings. The van der Waals surface area contributed by atoms with Gasteiger partial charge in [0, 0.05) is 24.8 Å². The van der Waals surface area contributed by atoms with Crippen molar-refractivity contribution in [2.24, 2.45) is 28.6 Å². The molecule has 2 spiro atoms. The van der Waals surface area contributed by atoms with Crippen LogP contribution in [0.1, 0.15) is 58.8 Å². The Hall–Kier alpha value is -1.73. The number of rotatable bonds is 3. The maximum atomic E-state index is 12.8. The van der Waals surface area contributed by atoms with Crippen molar-refractivity contribution in [3.05, 3.63) is 11.6 Å². The highest BCUT2D eigenvalue weighted by Crippen LogP contribution is 2.80. The highest BCUT2D eigenvalue weighted by molar-refractivity contribution is 5.85. The van der Waals surface area contributed by atoms with Gasteiger partial charge < -0.3 is 23.7 Å². The molecule has 2 saturated heterocycles. The first-order valence-electron chi connectivity index (χ1n) is 12.2. The summed E-state index contributed by atoms with van der Waals surface area (Å²) >= 11 is 0. The number of cyclic esters (lactones) is 1. The van der Waals surface area contributed by atoms with Crippen molar-refractivity contribution in [3.63, 3.8) is 0 Å². The van der Waals surface area contributed by atoms with Crippen LogP contribution in [0.25, 0.3) is 0 Å². The van der Waals surface area contributed by atoms with E-state index in [4.69, 9.17) is 18.9 Å². The van der Waals surface area contributed by atoms with Crippen LogP contribution in [0.3, 0.4) is 0 Å². The largest absolute Gasteiger partial charge is 0.462 e. The topological polar surface area (TPSA) is 94.7 Å². The second-order valence-electron chi connectivity index (χ2n) is 11.5. The van der Waals surface area contributed by atoms with Gasteiger partial charge in [-0.25, -0.2) is 4.79 Å². The second kappa shape index (κ2) is 5.84. The van der Waals surface area contributed by atoms with Crippen molar-refractivity contribution in [2.45, 2.75) is 88.3 Å². The van der Waals surface area contributed by atoms with Gasteiger partial charge in [0.05, 0.1) is 17.6 Å². The van der Waals surface area contributed by atoms with Crippen molar-refractivity contribution < 1.29 is 33.3 Å². The Morgan fingerprint density at radius 3 is 2.72 bits per heavy atom. The Morgan fingerprint density at radius 1 is 1.16 bits per heavy atom. The predicted octanol–water partition coefficient (Wildman–Crippen LogP) is 2.50. The molecule has 0 radical (unpaired) electrons. The van der Waals surface area contributed by atoms with Crippen LogP contribution in [-0.4, -0.2) is 54.3 Å². The number of esters is 2. The normalized spacial score (nSPS) is 56.4. The van der Waals surface area contributed by atoms with Crippen LogP contribution in [0.5, 0.6) is 0 Å². The molecular formula is C25H30O7. The molecule has 7 aliphatic rings. The fourth-order valence-electron chi connectivity index (χ4n) is 9.46. The Morgan fingerprint density at radius 2 is 2.00 bits per heavy atom. The third-order valence-corrected chi connectivity index (χ3v) is 10.7. The summed E-state index contributed by atoms with van der Waals surface area (Å²) in [5.74, 6) is 0.312. The summed E-state index contributed by atoms with van der Waals surface area (Å²) in [6, 6.07) is 0. The molecular weight excluding hydrogens is 412 g/mol. The number of carbonyl (C=O) groups excluding carboxylic acids is 3. The number of epoxide rings is 2. The molecule has 0 aromatic heterocycles. The van der Waals surface area contributed by atoms with Crippen LogP contribution in [0, 0.1) is 28.6 Å². The van der Waals surface area contributed by atoms with Crippen molar-refractivity contribution in [2.75, 3.05) is 6.61 Å². The molecule has 172 valence electrons. The predicted molar refractivity (Wildman–Crippen MR) is 109 cm³/mol. The maximum Gasteiger partial charge on any atom is 0.331 e. The Bertz CT molecular complexity index is 973. The van der Waals surface area contributed by atoms with Gasteiger partial charge in [-0.2, -0.15) is 0 Å². The summed E-state index contributed by atoms with van der Waals surface area (Å²) in [4.78, 5) is 36.1. The molecule has 0 N–H and O–H groups in total. The average molecular weight is 443 g/mol. The lowest BCUT2D eigenvalue weighted by molar-refractivity contribution is -0.164. The van der Waals surface area contributed by atoms with Gasteiger partial charge >= 0.3 is 11.9 Å². The number of fused-ring (bicyclic) bond motifs is 2. The van der Waals surface area contributed by atoms with E-state index in [9.17, 15) is 14.4 Å². The third-order valence-electron chi connectivity index (χ3n) is 10.7. The maximum absolute atomic E-state index is 12.8. The molecule has 10 unspecified atom stereocenters. The van der Waals surface area contributed by atoms with E-state index in [1.54, 1.807) is 6.08 Å². The number of carbonyl (C=O) groups is 3. The van der Waals surface area contributed by atoms with Crippen LogP contribution in [0.15, 0.2) is 11.6 Å². The highest BCUT2D eigenvalue weighted by Gasteiger charge is 2.86. The molecule has 7 rings (SSSR count). The smallest absolute Gasteiger partial charge is 0.331 e. The zero-order chi connectivity index (χ0) is 22.1. The molecule has 4 aliphatic carbocycles. The van der Waals surface area contributed by atoms with Gasteiger partial charge in [0.2, 0.25) is 0 Å². The Balaban J connectivity index is 1.23. The minimum Gasteiger partial charge on any atom is -0.462 e. The second-order valence-corrected chi connectivity index (χ2v) is 11.5. The molecule has 0 bridgehead atoms. The van der Waals surface area contributed by atoms with Gasteiger partial charge in [-0.3, -0.25) is 4.79 Å². The monoisotopic (exact) mass is 442 g/mol. The molecule has 7 heteroatoms. The summed E-state index contributed by atoms with van der Waals surface area (Å²) in [7, 11) is 0. The average Bonchev–Trinajstić information content (AvgIpc) is 3.57. The SMILES string of the molecule is CC(=O)OC1CCC2(C=O)C3CCC4(C)C(C5=CC(=O)OC5)CC5OC54C3CC3OC32C1. The number of hydrogen-bond donors (Lipinski definition) is 0. The fourth-order valence-corrected chi connectivity index (χ4v) is 9.46. The molecule has 4 saturated carbocycles. The Labute approximate surface area is 187 Å². The summed E-state index contributed by atoms with van der Waals surface area (Å²) in [6.07, 6.45) is 8.77. The number of hydrogen-bond acceptors (Lipinski definition) is 7. The minimum atomic E-state index is -0.520. The first kappa shape index (κ1) is 19.7. The van der Waals surface area contributed by atoms with Crippen molar-refractivity contribution in [1.29, 1.82) is 0 Å². The number of ether oxygens (including phenoxy) is 4. The minimum absolute atomic E-state index is 0.0311. The van der Waals surface area contributed by atoms with Crippen LogP contribution in [0.2, 0.25) is 0 Å². The zero-order valence-corrected chi connectivity index (χ0v) is 18.6. The molecule has 0 aromatic carbocycles. The van der Waals surface area contributed by atoms with E-state index in [0.717, 1.165) is 31.3 Å². The molecule has 3 heterocycles. The third kappa shape index (κ3) is 2.05. The van der Waals surface area contributed by atoms with Crippen molar-refractivity contribution >= 4 is 18.2 Å². The van der Waals surface area contributed by atoms with Gasteiger partial charge in [0.15, 0.2) is 0 Å². The Kier molecular flexibility index (Phi) is 3.60. The van der Waals surface area contributed by atoms with E-state index in [1.165, 1.54) is 13.2 Å². The summed E-state index contributed by atoms with van der Waals surface area (Å²) in [6.45, 7) is 4.19. The first-order chi connectivity index (χ1) is 15.3. The lowest BCUT2D eigenvalue weighted by Crippen LogP contribution is -2.63. The van der Waals surface area contributed by atoms with E-state index < -0.39 is 11.0 Å². The molecule has 7 nitrogen and oxygen atoms in total. The van der Waals surface area contributed by atoms with Crippen LogP contribution < -0.4 is 0 Å². The van der Waals surface area contributed by atoms with E-state index >= 15 is 0 Å². The van der Waals surface area contributed by atoms with Crippen LogP contribution in [0.4, 0.5) is 0 Å². The highest BCUT2D eigenvalue weighted by atomic mass is 16.6. The lowest BCUT2D eigenvalue weighted by Gasteiger charge is -2.58. The van der Waals surface area contributed by atoms with Gasteiger partial charge in [0.1, 0.15) is 30.2 Å². The van der Waals surface area contributed by atoms with E-state index in [0.29, 0.717) is 31.8 Å². The van der Waals surface area contributed by atoms with Gasteiger partial charge in [-0.05, 0) is 61.9 Å². The first-order valence-corrected chi connectivity index (χ1v) is 12.2. The molecule has 6 fully saturated rings. The van der Waals surface area contributed by atoms with E-state index in [2.05, 4.69) is 6.92 Å². The molecule has 32 heavy (non-hydrogen) atoms. The fraction of sp³-hybridized carbons (Fsp3) is 0.800. The molecule has 10 atom stereocenters. The molecule has 3 aliphatic heterocycles. The quantitative estimate of drug-likeness (QED) is 0.376. The standard InChI is InChI=1S/C25H30O7/c1-13(27)30-15-3-6-23(12-26)16-4-5-22(2)17(14-7-21(28)29-11-14)8-20-25(22,32-20)18(16)9-19-24(23,10-15)31-19/h7,12,15-20H,3-6,8-11H2,1-2H3. The summed E-state index contributed by atoms with van der Waals surface area (Å²) in [5, 5.41) is 0. The zero-order valence-electron chi connectivity index (χ0n) is 18.6. The van der Waals surface area contributed by atoms with Gasteiger partial charge in [0.25, 0.3) is 0 Å². The van der Waals surface area contributed by atoms with Crippen molar-refractivity contribution in [1.82, 2.24) is 0 Å². The van der Waals surface area contributed by atoms with Crippen molar-refractivity contribution in [3.8, 4) is 0 Å². The number of aldehydes is 1. The van der Waals surface area contributed by atoms with Gasteiger partial charge in [-0.15, -0.1) is 0 Å². The summed E-state index contributed by atoms with van der Waals surface area (Å²) < 4.78 is 23.7. The van der Waals surface area contributed by atoms with Crippen LogP contribution in [-0.2, 0) is 33.3 Å². The van der Waals surface area contributed by atoms with Gasteiger partial charge in [-0.1, -0.05) is 6.92 Å². The van der Waals surface area contributed by atoms with Crippen LogP contribution >= 0.6 is 0 Å². The van der Waals surface area contributed by atoms with E-state index in [1.807, 2.05) is 0 Å².